The molecule has 1 saturated heterocycles. The molecular weight excluding hydrogens is 266 g/mol. The lowest BCUT2D eigenvalue weighted by molar-refractivity contribution is -0.129. The first-order valence-corrected chi connectivity index (χ1v) is 6.68. The van der Waals surface area contributed by atoms with Crippen molar-refractivity contribution in [2.24, 2.45) is 11.3 Å². The number of carbonyl (C=O) groups is 2. The minimum atomic E-state index is -0.378. The minimum Gasteiger partial charge on any atom is -0.354 e. The van der Waals surface area contributed by atoms with Crippen molar-refractivity contribution in [3.63, 3.8) is 0 Å². The van der Waals surface area contributed by atoms with E-state index in [1.165, 1.54) is 0 Å². The molecule has 112 valence electrons. The zero-order chi connectivity index (χ0) is 13.6. The molecule has 5 nitrogen and oxygen atoms in total. The van der Waals surface area contributed by atoms with E-state index in [1.807, 2.05) is 20.8 Å². The van der Waals surface area contributed by atoms with Crippen molar-refractivity contribution in [1.29, 1.82) is 0 Å². The number of carbonyl (C=O) groups excluding carboxylic acids is 2. The lowest BCUT2D eigenvalue weighted by Crippen LogP contribution is -2.44. The van der Waals surface area contributed by atoms with Gasteiger partial charge in [-0.2, -0.15) is 0 Å². The van der Waals surface area contributed by atoms with Crippen LogP contribution >= 0.6 is 12.4 Å². The lowest BCUT2D eigenvalue weighted by atomic mass is 9.96. The van der Waals surface area contributed by atoms with E-state index in [9.17, 15) is 9.59 Å². The van der Waals surface area contributed by atoms with E-state index in [-0.39, 0.29) is 35.6 Å². The standard InChI is InChI=1S/C13H25N3O2.ClH/c1-13(2,3)12(18)16-8-7-15-11(17)10-5-4-6-14-9-10;/h10,14H,4-9H2,1-3H3,(H,15,17)(H,16,18);1H. The molecule has 1 unspecified atom stereocenters. The van der Waals surface area contributed by atoms with Crippen molar-refractivity contribution >= 4 is 24.2 Å². The lowest BCUT2D eigenvalue weighted by Gasteiger charge is -2.22. The summed E-state index contributed by atoms with van der Waals surface area (Å²) in [6, 6.07) is 0. The van der Waals surface area contributed by atoms with Crippen LogP contribution in [0.4, 0.5) is 0 Å². The average molecular weight is 292 g/mol. The minimum absolute atomic E-state index is 0. The Morgan fingerprint density at radius 2 is 1.84 bits per heavy atom. The predicted molar refractivity (Wildman–Crippen MR) is 78.3 cm³/mol. The summed E-state index contributed by atoms with van der Waals surface area (Å²) in [5, 5.41) is 8.89. The first-order chi connectivity index (χ1) is 8.41. The maximum absolute atomic E-state index is 11.8. The van der Waals surface area contributed by atoms with E-state index in [0.29, 0.717) is 13.1 Å². The molecule has 0 radical (unpaired) electrons. The quantitative estimate of drug-likeness (QED) is 0.668. The highest BCUT2D eigenvalue weighted by Gasteiger charge is 2.22. The molecule has 0 aromatic heterocycles. The van der Waals surface area contributed by atoms with Gasteiger partial charge in [-0.25, -0.2) is 0 Å². The van der Waals surface area contributed by atoms with E-state index in [2.05, 4.69) is 16.0 Å². The van der Waals surface area contributed by atoms with Crippen molar-refractivity contribution in [1.82, 2.24) is 16.0 Å². The fourth-order valence-electron chi connectivity index (χ4n) is 1.85. The Morgan fingerprint density at radius 1 is 1.21 bits per heavy atom. The van der Waals surface area contributed by atoms with Gasteiger partial charge in [-0.15, -0.1) is 12.4 Å². The molecule has 1 aliphatic rings. The van der Waals surface area contributed by atoms with Gasteiger partial charge in [0.2, 0.25) is 11.8 Å². The van der Waals surface area contributed by atoms with Gasteiger partial charge in [0.05, 0.1) is 5.92 Å². The second-order valence-corrected chi connectivity index (χ2v) is 5.84. The summed E-state index contributed by atoms with van der Waals surface area (Å²) in [5.41, 5.74) is -0.378. The van der Waals surface area contributed by atoms with Crippen LogP contribution in [-0.4, -0.2) is 38.0 Å². The van der Waals surface area contributed by atoms with Crippen molar-refractivity contribution in [2.75, 3.05) is 26.2 Å². The Kier molecular flexibility index (Phi) is 8.02. The first kappa shape index (κ1) is 18.2. The van der Waals surface area contributed by atoms with Crippen molar-refractivity contribution in [2.45, 2.75) is 33.6 Å². The monoisotopic (exact) mass is 291 g/mol. The van der Waals surface area contributed by atoms with Crippen molar-refractivity contribution in [3.8, 4) is 0 Å². The fraction of sp³-hybridized carbons (Fsp3) is 0.846. The SMILES string of the molecule is CC(C)(C)C(=O)NCCNC(=O)C1CCCNC1.Cl. The van der Waals surface area contributed by atoms with E-state index in [1.54, 1.807) is 0 Å². The summed E-state index contributed by atoms with van der Waals surface area (Å²) in [6.45, 7) is 8.36. The fourth-order valence-corrected chi connectivity index (χ4v) is 1.85. The number of amides is 2. The molecule has 1 rings (SSSR count). The zero-order valence-corrected chi connectivity index (χ0v) is 12.9. The van der Waals surface area contributed by atoms with Gasteiger partial charge in [-0.05, 0) is 19.4 Å². The van der Waals surface area contributed by atoms with Crippen LogP contribution in [0.5, 0.6) is 0 Å². The number of hydrogen-bond donors (Lipinski definition) is 3. The van der Waals surface area contributed by atoms with E-state index < -0.39 is 0 Å². The third kappa shape index (κ3) is 6.78. The van der Waals surface area contributed by atoms with Crippen LogP contribution in [-0.2, 0) is 9.59 Å². The Morgan fingerprint density at radius 3 is 2.37 bits per heavy atom. The van der Waals surface area contributed by atoms with E-state index in [0.717, 1.165) is 25.9 Å². The third-order valence-electron chi connectivity index (χ3n) is 3.06. The number of hydrogen-bond acceptors (Lipinski definition) is 3. The van der Waals surface area contributed by atoms with E-state index >= 15 is 0 Å². The summed E-state index contributed by atoms with van der Waals surface area (Å²) in [4.78, 5) is 23.4. The summed E-state index contributed by atoms with van der Waals surface area (Å²) >= 11 is 0. The molecule has 0 bridgehead atoms. The van der Waals surface area contributed by atoms with Crippen LogP contribution in [0.2, 0.25) is 0 Å². The van der Waals surface area contributed by atoms with Gasteiger partial charge in [-0.3, -0.25) is 9.59 Å². The van der Waals surface area contributed by atoms with Gasteiger partial charge in [-0.1, -0.05) is 20.8 Å². The summed E-state index contributed by atoms with van der Waals surface area (Å²) in [5.74, 6) is 0.181. The maximum Gasteiger partial charge on any atom is 0.225 e. The number of rotatable bonds is 4. The molecule has 1 heterocycles. The Bertz CT molecular complexity index is 297. The van der Waals surface area contributed by atoms with Crippen LogP contribution in [0.15, 0.2) is 0 Å². The van der Waals surface area contributed by atoms with E-state index in [4.69, 9.17) is 0 Å². The number of halogens is 1. The zero-order valence-electron chi connectivity index (χ0n) is 12.0. The van der Waals surface area contributed by atoms with Gasteiger partial charge in [0.25, 0.3) is 0 Å². The van der Waals surface area contributed by atoms with Gasteiger partial charge < -0.3 is 16.0 Å². The number of piperidine rings is 1. The maximum atomic E-state index is 11.8. The number of nitrogens with one attached hydrogen (secondary N) is 3. The normalized spacial score (nSPS) is 19.2. The molecule has 19 heavy (non-hydrogen) atoms. The highest BCUT2D eigenvalue weighted by molar-refractivity contribution is 5.85. The smallest absolute Gasteiger partial charge is 0.225 e. The summed E-state index contributed by atoms with van der Waals surface area (Å²) in [6.07, 6.45) is 2.01. The second kappa shape index (κ2) is 8.38. The molecule has 0 spiro atoms. The van der Waals surface area contributed by atoms with Crippen LogP contribution in [0.3, 0.4) is 0 Å². The molecule has 3 N–H and O–H groups in total. The Labute approximate surface area is 121 Å². The van der Waals surface area contributed by atoms with Crippen molar-refractivity contribution < 1.29 is 9.59 Å². The van der Waals surface area contributed by atoms with Crippen LogP contribution in [0.25, 0.3) is 0 Å². The van der Waals surface area contributed by atoms with Crippen LogP contribution in [0.1, 0.15) is 33.6 Å². The molecule has 6 heteroatoms. The van der Waals surface area contributed by atoms with Gasteiger partial charge >= 0.3 is 0 Å². The highest BCUT2D eigenvalue weighted by Crippen LogP contribution is 2.12. The topological polar surface area (TPSA) is 70.2 Å². The Balaban J connectivity index is 0.00000324. The Hall–Kier alpha value is -0.810. The van der Waals surface area contributed by atoms with Crippen LogP contribution < -0.4 is 16.0 Å². The molecule has 1 aliphatic heterocycles. The molecular formula is C13H26ClN3O2. The molecule has 0 aromatic carbocycles. The molecule has 0 aromatic rings. The molecule has 1 fully saturated rings. The summed E-state index contributed by atoms with van der Waals surface area (Å²) < 4.78 is 0. The van der Waals surface area contributed by atoms with Crippen LogP contribution in [0, 0.1) is 11.3 Å². The molecule has 2 amide bonds. The predicted octanol–water partition coefficient (Wildman–Crippen LogP) is 0.686. The molecule has 0 saturated carbocycles. The van der Waals surface area contributed by atoms with Gasteiger partial charge in [0.1, 0.15) is 0 Å². The summed E-state index contributed by atoms with van der Waals surface area (Å²) in [7, 11) is 0. The third-order valence-corrected chi connectivity index (χ3v) is 3.06. The van der Waals surface area contributed by atoms with Gasteiger partial charge in [0, 0.05) is 25.0 Å². The average Bonchev–Trinajstić information content (AvgIpc) is 2.34. The second-order valence-electron chi connectivity index (χ2n) is 5.84. The highest BCUT2D eigenvalue weighted by atomic mass is 35.5. The largest absolute Gasteiger partial charge is 0.354 e. The van der Waals surface area contributed by atoms with Crippen molar-refractivity contribution in [3.05, 3.63) is 0 Å². The molecule has 1 atom stereocenters. The first-order valence-electron chi connectivity index (χ1n) is 6.68. The molecule has 0 aliphatic carbocycles. The van der Waals surface area contributed by atoms with Gasteiger partial charge in [0.15, 0.2) is 0 Å².